The van der Waals surface area contributed by atoms with Crippen molar-refractivity contribution in [2.45, 2.75) is 34.1 Å². The highest BCUT2D eigenvalue weighted by Crippen LogP contribution is 2.07. The summed E-state index contributed by atoms with van der Waals surface area (Å²) in [5, 5.41) is 0. The molecule has 1 aromatic carbocycles. The van der Waals surface area contributed by atoms with Gasteiger partial charge in [-0.3, -0.25) is 0 Å². The molecule has 0 saturated carbocycles. The molecular weight excluding hydrogens is 168 g/mol. The van der Waals surface area contributed by atoms with Crippen molar-refractivity contribution >= 4 is 6.08 Å². The Labute approximate surface area is 88.7 Å². The third-order valence-electron chi connectivity index (χ3n) is 2.06. The van der Waals surface area contributed by atoms with E-state index in [9.17, 15) is 0 Å². The van der Waals surface area contributed by atoms with Crippen molar-refractivity contribution in [1.82, 2.24) is 0 Å². The fourth-order valence-electron chi connectivity index (χ4n) is 0.976. The van der Waals surface area contributed by atoms with Crippen LogP contribution >= 0.6 is 0 Å². The van der Waals surface area contributed by atoms with Gasteiger partial charge in [-0.05, 0) is 11.5 Å². The van der Waals surface area contributed by atoms with E-state index < -0.39 is 0 Å². The van der Waals surface area contributed by atoms with Crippen LogP contribution < -0.4 is 0 Å². The fourth-order valence-corrected chi connectivity index (χ4v) is 0.976. The molecule has 0 bridgehead atoms. The predicted octanol–water partition coefficient (Wildman–Crippen LogP) is 4.77. The van der Waals surface area contributed by atoms with Gasteiger partial charge < -0.3 is 0 Å². The van der Waals surface area contributed by atoms with Gasteiger partial charge >= 0.3 is 0 Å². The van der Waals surface area contributed by atoms with Gasteiger partial charge in [0.2, 0.25) is 0 Å². The Bertz CT molecular complexity index is 233. The van der Waals surface area contributed by atoms with Crippen molar-refractivity contribution in [2.24, 2.45) is 5.92 Å². The van der Waals surface area contributed by atoms with Crippen molar-refractivity contribution < 1.29 is 0 Å². The van der Waals surface area contributed by atoms with E-state index in [0.29, 0.717) is 5.92 Å². The molecule has 1 aromatic rings. The van der Waals surface area contributed by atoms with E-state index in [1.54, 1.807) is 0 Å². The Morgan fingerprint density at radius 1 is 1.14 bits per heavy atom. The lowest BCUT2D eigenvalue weighted by Crippen LogP contribution is -1.83. The van der Waals surface area contributed by atoms with Crippen molar-refractivity contribution in [2.75, 3.05) is 0 Å². The summed E-state index contributed by atoms with van der Waals surface area (Å²) in [6, 6.07) is 10.4. The lowest BCUT2D eigenvalue weighted by atomic mass is 10.1. The van der Waals surface area contributed by atoms with Crippen LogP contribution in [-0.2, 0) is 0 Å². The van der Waals surface area contributed by atoms with Gasteiger partial charge in [0.15, 0.2) is 0 Å². The summed E-state index contributed by atoms with van der Waals surface area (Å²) in [5.74, 6) is 0.685. The minimum Gasteiger partial charge on any atom is -0.0811 e. The predicted molar refractivity (Wildman–Crippen MR) is 66.3 cm³/mol. The van der Waals surface area contributed by atoms with Gasteiger partial charge in [0.25, 0.3) is 0 Å². The fraction of sp³-hybridized carbons (Fsp3) is 0.429. The van der Waals surface area contributed by atoms with Gasteiger partial charge in [-0.2, -0.15) is 0 Å². The number of rotatable bonds is 3. The molecule has 0 aliphatic carbocycles. The maximum absolute atomic E-state index is 2.26. The number of hydrogen-bond donors (Lipinski definition) is 0. The van der Waals surface area contributed by atoms with E-state index in [0.717, 1.165) is 0 Å². The average Bonchev–Trinajstić information content (AvgIpc) is 2.30. The molecule has 0 heteroatoms. The highest BCUT2D eigenvalue weighted by atomic mass is 14.0. The second-order valence-electron chi connectivity index (χ2n) is 3.16. The molecule has 0 amide bonds. The van der Waals surface area contributed by atoms with Crippen LogP contribution in [0.4, 0.5) is 0 Å². The molecule has 0 aliphatic heterocycles. The molecule has 1 atom stereocenters. The van der Waals surface area contributed by atoms with Crippen LogP contribution in [0.1, 0.15) is 39.7 Å². The third kappa shape index (κ3) is 5.58. The first-order valence-electron chi connectivity index (χ1n) is 5.56. The number of hydrogen-bond acceptors (Lipinski definition) is 0. The topological polar surface area (TPSA) is 0 Å². The second-order valence-corrected chi connectivity index (χ2v) is 3.16. The first-order chi connectivity index (χ1) is 6.83. The van der Waals surface area contributed by atoms with E-state index in [4.69, 9.17) is 0 Å². The minimum absolute atomic E-state index is 0.685. The van der Waals surface area contributed by atoms with Gasteiger partial charge in [-0.15, -0.1) is 0 Å². The Balaban J connectivity index is 0.000000791. The molecule has 0 nitrogen and oxygen atoms in total. The van der Waals surface area contributed by atoms with E-state index in [1.807, 2.05) is 19.9 Å². The third-order valence-corrected chi connectivity index (χ3v) is 2.06. The molecule has 0 fully saturated rings. The largest absolute Gasteiger partial charge is 0.0811 e. The smallest absolute Gasteiger partial charge is 0.0260 e. The molecule has 1 rings (SSSR count). The summed E-state index contributed by atoms with van der Waals surface area (Å²) < 4.78 is 0. The van der Waals surface area contributed by atoms with Gasteiger partial charge in [0, 0.05) is 0 Å². The molecule has 0 aromatic heterocycles. The molecule has 14 heavy (non-hydrogen) atoms. The maximum atomic E-state index is 2.26. The van der Waals surface area contributed by atoms with Gasteiger partial charge in [-0.1, -0.05) is 76.6 Å². The zero-order chi connectivity index (χ0) is 10.8. The molecule has 0 radical (unpaired) electrons. The quantitative estimate of drug-likeness (QED) is 0.644. The Morgan fingerprint density at radius 3 is 2.21 bits per heavy atom. The van der Waals surface area contributed by atoms with Gasteiger partial charge in [0.05, 0.1) is 0 Å². The molecule has 0 spiro atoms. The minimum atomic E-state index is 0.685. The second kappa shape index (κ2) is 8.55. The van der Waals surface area contributed by atoms with Crippen LogP contribution in [0.2, 0.25) is 0 Å². The molecule has 78 valence electrons. The summed E-state index contributed by atoms with van der Waals surface area (Å²) in [7, 11) is 0. The average molecular weight is 190 g/mol. The van der Waals surface area contributed by atoms with Crippen molar-refractivity contribution in [3.63, 3.8) is 0 Å². The standard InChI is InChI=1S/C12H16.C2H6/c1-3-11(2)9-10-12-7-5-4-6-8-12;1-2/h4-11H,3H2,1-2H3;1-2H3/b10-9+;/t11-;/m0./s1. The highest BCUT2D eigenvalue weighted by Gasteiger charge is 1.90. The van der Waals surface area contributed by atoms with Crippen molar-refractivity contribution in [1.29, 1.82) is 0 Å². The SMILES string of the molecule is CC.CC[C@H](C)/C=C/c1ccccc1. The lowest BCUT2D eigenvalue weighted by molar-refractivity contribution is 0.701. The first kappa shape index (κ1) is 13.0. The van der Waals surface area contributed by atoms with E-state index in [1.165, 1.54) is 12.0 Å². The normalized spacial score (nSPS) is 12.0. The van der Waals surface area contributed by atoms with E-state index in [-0.39, 0.29) is 0 Å². The van der Waals surface area contributed by atoms with E-state index >= 15 is 0 Å². The lowest BCUT2D eigenvalue weighted by Gasteiger charge is -1.98. The Kier molecular flexibility index (Phi) is 7.92. The summed E-state index contributed by atoms with van der Waals surface area (Å²) in [4.78, 5) is 0. The van der Waals surface area contributed by atoms with Crippen LogP contribution in [0, 0.1) is 5.92 Å². The monoisotopic (exact) mass is 190 g/mol. The summed E-state index contributed by atoms with van der Waals surface area (Å²) in [6.45, 7) is 8.44. The van der Waals surface area contributed by atoms with E-state index in [2.05, 4.69) is 50.3 Å². The van der Waals surface area contributed by atoms with Crippen molar-refractivity contribution in [3.05, 3.63) is 42.0 Å². The molecule has 0 aliphatic rings. The molecule has 0 unspecified atom stereocenters. The van der Waals surface area contributed by atoms with Crippen LogP contribution in [0.25, 0.3) is 6.08 Å². The summed E-state index contributed by atoms with van der Waals surface area (Å²) in [5.41, 5.74) is 1.29. The van der Waals surface area contributed by atoms with Gasteiger partial charge in [0.1, 0.15) is 0 Å². The van der Waals surface area contributed by atoms with Gasteiger partial charge in [-0.25, -0.2) is 0 Å². The molecule has 0 saturated heterocycles. The molecule has 0 N–H and O–H groups in total. The van der Waals surface area contributed by atoms with Crippen LogP contribution in [-0.4, -0.2) is 0 Å². The van der Waals surface area contributed by atoms with Crippen LogP contribution in [0.5, 0.6) is 0 Å². The molecular formula is C14H22. The summed E-state index contributed by atoms with van der Waals surface area (Å²) in [6.07, 6.45) is 5.66. The molecule has 0 heterocycles. The highest BCUT2D eigenvalue weighted by molar-refractivity contribution is 5.48. The summed E-state index contributed by atoms with van der Waals surface area (Å²) >= 11 is 0. The number of allylic oxidation sites excluding steroid dienone is 1. The maximum Gasteiger partial charge on any atom is -0.0260 e. The Morgan fingerprint density at radius 2 is 1.71 bits per heavy atom. The number of benzene rings is 1. The van der Waals surface area contributed by atoms with Crippen LogP contribution in [0.15, 0.2) is 36.4 Å². The Hall–Kier alpha value is -1.04. The van der Waals surface area contributed by atoms with Crippen molar-refractivity contribution in [3.8, 4) is 0 Å². The zero-order valence-electron chi connectivity index (χ0n) is 9.83. The first-order valence-corrected chi connectivity index (χ1v) is 5.56. The van der Waals surface area contributed by atoms with Crippen LogP contribution in [0.3, 0.4) is 0 Å². The zero-order valence-corrected chi connectivity index (χ0v) is 9.83.